The third kappa shape index (κ3) is 3.98. The van der Waals surface area contributed by atoms with Gasteiger partial charge in [0.25, 0.3) is 0 Å². The maximum absolute atomic E-state index is 6.50. The highest BCUT2D eigenvalue weighted by Gasteiger charge is 1.93. The molecule has 0 bridgehead atoms. The minimum Gasteiger partial charge on any atom is -0.323 e. The normalized spacial score (nSPS) is 8.71. The zero-order valence-corrected chi connectivity index (χ0v) is 9.06. The number of para-hydroxylation sites is 1. The lowest BCUT2D eigenvalue weighted by atomic mass is 10.2. The molecule has 2 aromatic rings. The lowest BCUT2D eigenvalue weighted by Gasteiger charge is -1.96. The van der Waals surface area contributed by atoms with Gasteiger partial charge in [0.1, 0.15) is 0 Å². The average Bonchev–Trinajstić information content (AvgIpc) is 2.43. The van der Waals surface area contributed by atoms with Crippen LogP contribution in [0.5, 0.6) is 0 Å². The van der Waals surface area contributed by atoms with Crippen molar-refractivity contribution in [1.82, 2.24) is 4.98 Å². The van der Waals surface area contributed by atoms with Gasteiger partial charge in [0, 0.05) is 30.3 Å². The van der Waals surface area contributed by atoms with E-state index < -0.39 is 0 Å². The first kappa shape index (κ1) is 14.1. The van der Waals surface area contributed by atoms with E-state index in [0.717, 1.165) is 16.5 Å². The van der Waals surface area contributed by atoms with Crippen LogP contribution in [0.25, 0.3) is 10.9 Å². The number of hydrogen-bond acceptors (Lipinski definition) is 5. The van der Waals surface area contributed by atoms with Crippen molar-refractivity contribution in [3.05, 3.63) is 42.1 Å². The number of fused-ring (bicyclic) bond motifs is 1. The molecular formula is C12H11N5. The van der Waals surface area contributed by atoms with E-state index in [2.05, 4.69) is 23.2 Å². The lowest BCUT2D eigenvalue weighted by Crippen LogP contribution is -1.88. The number of benzene rings is 1. The van der Waals surface area contributed by atoms with E-state index in [0.29, 0.717) is 0 Å². The highest BCUT2D eigenvalue weighted by molar-refractivity contribution is 5.87. The summed E-state index contributed by atoms with van der Waals surface area (Å²) in [4.78, 5) is 4.25. The summed E-state index contributed by atoms with van der Waals surface area (Å²) in [5, 5.41) is 17.5. The van der Waals surface area contributed by atoms with Gasteiger partial charge in [-0.05, 0) is 12.1 Å². The Bertz CT molecular complexity index is 522. The molecule has 1 aromatic heterocycles. The minimum atomic E-state index is 0.918. The molecule has 5 heteroatoms. The Balaban J connectivity index is 0.000000581. The van der Waals surface area contributed by atoms with Gasteiger partial charge in [-0.3, -0.25) is 4.98 Å². The molecule has 2 rings (SSSR count). The number of hydrogen-bond donors (Lipinski definition) is 1. The van der Waals surface area contributed by atoms with Crippen molar-refractivity contribution in [2.24, 2.45) is 10.9 Å². The van der Waals surface area contributed by atoms with Crippen molar-refractivity contribution in [3.8, 4) is 13.1 Å². The van der Waals surface area contributed by atoms with Gasteiger partial charge in [-0.15, -0.1) is 0 Å². The van der Waals surface area contributed by atoms with Crippen LogP contribution in [-0.2, 0) is 0 Å². The van der Waals surface area contributed by atoms with Gasteiger partial charge in [0.15, 0.2) is 0 Å². The van der Waals surface area contributed by atoms with Crippen molar-refractivity contribution in [2.75, 3.05) is 0 Å². The summed E-state index contributed by atoms with van der Waals surface area (Å²) in [5.41, 5.74) is 1.90. The van der Waals surface area contributed by atoms with E-state index >= 15 is 0 Å². The zero-order valence-electron chi connectivity index (χ0n) is 9.06. The molecule has 5 nitrogen and oxygen atoms in total. The molecule has 0 saturated heterocycles. The average molecular weight is 225 g/mol. The van der Waals surface area contributed by atoms with Gasteiger partial charge in [-0.1, -0.05) is 18.2 Å². The predicted molar refractivity (Wildman–Crippen MR) is 66.9 cm³/mol. The highest BCUT2D eigenvalue weighted by Crippen LogP contribution is 2.11. The summed E-state index contributed by atoms with van der Waals surface area (Å²) in [6.07, 6.45) is 3.33. The third-order valence-corrected chi connectivity index (χ3v) is 1.84. The molecule has 0 unspecified atom stereocenters. The second-order valence-corrected chi connectivity index (χ2v) is 2.74. The van der Waals surface area contributed by atoms with Gasteiger partial charge in [-0.2, -0.15) is 5.10 Å². The molecule has 0 fully saturated rings. The van der Waals surface area contributed by atoms with Crippen LogP contribution >= 0.6 is 0 Å². The highest BCUT2D eigenvalue weighted by atomic mass is 15.1. The molecule has 1 heterocycles. The van der Waals surface area contributed by atoms with Crippen LogP contribution < -0.4 is 5.84 Å². The summed E-state index contributed by atoms with van der Waals surface area (Å²) in [5.74, 6) is 5.05. The molecule has 84 valence electrons. The SMILES string of the molecule is C#N.C#N.NN=Cc1cnc2ccccc2c1. The van der Waals surface area contributed by atoms with E-state index in [-0.39, 0.29) is 0 Å². The molecule has 0 aliphatic heterocycles. The molecule has 0 radical (unpaired) electrons. The Morgan fingerprint density at radius 1 is 1.18 bits per heavy atom. The number of hydrazone groups is 1. The molecule has 0 aliphatic carbocycles. The second-order valence-electron chi connectivity index (χ2n) is 2.74. The van der Waals surface area contributed by atoms with Crippen LogP contribution in [0.4, 0.5) is 0 Å². The van der Waals surface area contributed by atoms with Crippen molar-refractivity contribution in [2.45, 2.75) is 0 Å². The van der Waals surface area contributed by atoms with Gasteiger partial charge in [0.2, 0.25) is 0 Å². The lowest BCUT2D eigenvalue weighted by molar-refractivity contribution is 1.26. The molecule has 0 aliphatic rings. The predicted octanol–water partition coefficient (Wildman–Crippen LogP) is 1.81. The topological polar surface area (TPSA) is 98.8 Å². The monoisotopic (exact) mass is 225 g/mol. The van der Waals surface area contributed by atoms with Crippen LogP contribution in [0, 0.1) is 23.7 Å². The van der Waals surface area contributed by atoms with Crippen LogP contribution in [0.3, 0.4) is 0 Å². The van der Waals surface area contributed by atoms with E-state index in [1.165, 1.54) is 0 Å². The Morgan fingerprint density at radius 3 is 2.47 bits per heavy atom. The van der Waals surface area contributed by atoms with E-state index in [1.54, 1.807) is 12.4 Å². The maximum Gasteiger partial charge on any atom is 0.0702 e. The first-order valence-electron chi connectivity index (χ1n) is 4.50. The quantitative estimate of drug-likeness (QED) is 0.454. The van der Waals surface area contributed by atoms with Gasteiger partial charge in [-0.25, -0.2) is 10.5 Å². The first-order valence-corrected chi connectivity index (χ1v) is 4.50. The fraction of sp³-hybridized carbons (Fsp3) is 0. The fourth-order valence-electron chi connectivity index (χ4n) is 1.24. The van der Waals surface area contributed by atoms with Crippen molar-refractivity contribution < 1.29 is 0 Å². The minimum absolute atomic E-state index is 0.918. The molecule has 17 heavy (non-hydrogen) atoms. The Labute approximate surface area is 99.4 Å². The van der Waals surface area contributed by atoms with Gasteiger partial charge in [0.05, 0.1) is 11.7 Å². The third-order valence-electron chi connectivity index (χ3n) is 1.84. The molecule has 1 aromatic carbocycles. The molecule has 0 amide bonds. The molecular weight excluding hydrogens is 214 g/mol. The Morgan fingerprint density at radius 2 is 1.82 bits per heavy atom. The van der Waals surface area contributed by atoms with Crippen LogP contribution in [-0.4, -0.2) is 11.2 Å². The molecule has 0 spiro atoms. The number of nitriles is 2. The summed E-state index contributed by atoms with van der Waals surface area (Å²) in [6.45, 7) is 7.00. The standard InChI is InChI=1S/C10H9N3.2CHN/c11-13-7-8-5-9-3-1-2-4-10(9)12-6-8;2*1-2/h1-7H,11H2;2*1H. The summed E-state index contributed by atoms with van der Waals surface area (Å²) in [6, 6.07) is 9.92. The van der Waals surface area contributed by atoms with E-state index in [9.17, 15) is 0 Å². The number of nitrogens with two attached hydrogens (primary N) is 1. The fourth-order valence-corrected chi connectivity index (χ4v) is 1.24. The van der Waals surface area contributed by atoms with Crippen molar-refractivity contribution in [1.29, 1.82) is 10.5 Å². The summed E-state index contributed by atoms with van der Waals surface area (Å²) < 4.78 is 0. The Kier molecular flexibility index (Phi) is 6.95. The number of aromatic nitrogens is 1. The molecule has 0 atom stereocenters. The smallest absolute Gasteiger partial charge is 0.0702 e. The zero-order chi connectivity index (χ0) is 13.1. The largest absolute Gasteiger partial charge is 0.323 e. The van der Waals surface area contributed by atoms with Crippen molar-refractivity contribution >= 4 is 17.1 Å². The van der Waals surface area contributed by atoms with Crippen LogP contribution in [0.1, 0.15) is 5.56 Å². The van der Waals surface area contributed by atoms with Crippen LogP contribution in [0.2, 0.25) is 0 Å². The summed E-state index contributed by atoms with van der Waals surface area (Å²) in [7, 11) is 0. The second kappa shape index (κ2) is 8.39. The van der Waals surface area contributed by atoms with Gasteiger partial charge < -0.3 is 5.84 Å². The molecule has 2 N–H and O–H groups in total. The number of pyridine rings is 1. The number of rotatable bonds is 1. The molecule has 0 saturated carbocycles. The first-order chi connectivity index (χ1) is 8.40. The van der Waals surface area contributed by atoms with Crippen LogP contribution in [0.15, 0.2) is 41.6 Å². The number of nitrogens with zero attached hydrogens (tertiary/aromatic N) is 4. The maximum atomic E-state index is 6.50. The van der Waals surface area contributed by atoms with E-state index in [1.807, 2.05) is 30.3 Å². The van der Waals surface area contributed by atoms with Gasteiger partial charge >= 0.3 is 0 Å². The summed E-state index contributed by atoms with van der Waals surface area (Å²) >= 11 is 0. The Hall–Kier alpha value is -2.92. The van der Waals surface area contributed by atoms with Crippen molar-refractivity contribution in [3.63, 3.8) is 0 Å². The van der Waals surface area contributed by atoms with E-state index in [4.69, 9.17) is 16.4 Å².